The maximum absolute atomic E-state index is 12.0. The Labute approximate surface area is 167 Å². The first-order valence-corrected chi connectivity index (χ1v) is 9.18. The number of nitrogens with zero attached hydrogens (tertiary/aromatic N) is 3. The predicted molar refractivity (Wildman–Crippen MR) is 112 cm³/mol. The summed E-state index contributed by atoms with van der Waals surface area (Å²) < 4.78 is 1.89. The van der Waals surface area contributed by atoms with Crippen molar-refractivity contribution in [2.45, 2.75) is 13.1 Å². The average molecular weight is 390 g/mol. The zero-order chi connectivity index (χ0) is 20.5. The number of fused-ring (bicyclic) bond motifs is 1. The van der Waals surface area contributed by atoms with Crippen LogP contribution in [0.25, 0.3) is 23.0 Å². The average Bonchev–Trinajstić information content (AvgIpc) is 3.30. The van der Waals surface area contributed by atoms with Gasteiger partial charge in [0.2, 0.25) is 5.91 Å². The SMILES string of the molecule is C=CC(=O)N1CCn2ncc(-c3cc(/C=C(\N)c4ccccc4O)c(N)[nH]3)c2C1. The molecule has 148 valence electrons. The van der Waals surface area contributed by atoms with E-state index in [0.717, 1.165) is 17.0 Å². The van der Waals surface area contributed by atoms with Gasteiger partial charge < -0.3 is 26.5 Å². The molecule has 0 saturated carbocycles. The molecular weight excluding hydrogens is 368 g/mol. The second-order valence-corrected chi connectivity index (χ2v) is 6.86. The number of nitrogens with one attached hydrogen (secondary N) is 1. The van der Waals surface area contributed by atoms with E-state index in [0.29, 0.717) is 42.3 Å². The Morgan fingerprint density at radius 3 is 2.86 bits per heavy atom. The van der Waals surface area contributed by atoms with Gasteiger partial charge in [-0.3, -0.25) is 9.48 Å². The fraction of sp³-hybridized carbons (Fsp3) is 0.143. The number of benzene rings is 1. The van der Waals surface area contributed by atoms with Crippen LogP contribution < -0.4 is 11.5 Å². The van der Waals surface area contributed by atoms with Gasteiger partial charge in [0.25, 0.3) is 0 Å². The fourth-order valence-electron chi connectivity index (χ4n) is 3.50. The van der Waals surface area contributed by atoms with E-state index in [-0.39, 0.29) is 11.7 Å². The molecule has 6 N–H and O–H groups in total. The minimum absolute atomic E-state index is 0.103. The molecule has 0 aliphatic carbocycles. The number of rotatable bonds is 4. The number of nitrogen functional groups attached to an aromatic ring is 1. The summed E-state index contributed by atoms with van der Waals surface area (Å²) in [6, 6.07) is 8.74. The van der Waals surface area contributed by atoms with Crippen LogP contribution in [0.2, 0.25) is 0 Å². The molecule has 3 heterocycles. The number of hydrogen-bond acceptors (Lipinski definition) is 5. The Balaban J connectivity index is 1.67. The normalized spacial score (nSPS) is 13.9. The molecule has 0 spiro atoms. The van der Waals surface area contributed by atoms with Crippen LogP contribution in [-0.2, 0) is 17.9 Å². The van der Waals surface area contributed by atoms with Crippen molar-refractivity contribution in [1.82, 2.24) is 19.7 Å². The first-order chi connectivity index (χ1) is 14.0. The van der Waals surface area contributed by atoms with Gasteiger partial charge in [-0.1, -0.05) is 18.7 Å². The van der Waals surface area contributed by atoms with Crippen LogP contribution in [0, 0.1) is 0 Å². The van der Waals surface area contributed by atoms with E-state index in [1.54, 1.807) is 41.4 Å². The lowest BCUT2D eigenvalue weighted by Gasteiger charge is -2.27. The Hall–Kier alpha value is -3.94. The van der Waals surface area contributed by atoms with Crippen molar-refractivity contribution >= 4 is 23.5 Å². The predicted octanol–water partition coefficient (Wildman–Crippen LogP) is 2.15. The van der Waals surface area contributed by atoms with Crippen LogP contribution >= 0.6 is 0 Å². The van der Waals surface area contributed by atoms with Gasteiger partial charge in [-0.2, -0.15) is 5.10 Å². The van der Waals surface area contributed by atoms with Crippen LogP contribution in [0.5, 0.6) is 5.75 Å². The maximum atomic E-state index is 12.0. The Bertz CT molecular complexity index is 1120. The molecule has 2 aromatic heterocycles. The molecule has 0 atom stereocenters. The molecule has 1 amide bonds. The van der Waals surface area contributed by atoms with Crippen LogP contribution in [0.15, 0.2) is 49.2 Å². The first-order valence-electron chi connectivity index (χ1n) is 9.18. The largest absolute Gasteiger partial charge is 0.507 e. The number of phenolic OH excluding ortho intramolecular Hbond substituents is 1. The van der Waals surface area contributed by atoms with E-state index < -0.39 is 0 Å². The summed E-state index contributed by atoms with van der Waals surface area (Å²) >= 11 is 0. The number of para-hydroxylation sites is 1. The van der Waals surface area contributed by atoms with Crippen molar-refractivity contribution in [1.29, 1.82) is 0 Å². The van der Waals surface area contributed by atoms with Gasteiger partial charge in [-0.25, -0.2) is 0 Å². The van der Waals surface area contributed by atoms with E-state index in [2.05, 4.69) is 16.7 Å². The Morgan fingerprint density at radius 1 is 1.31 bits per heavy atom. The van der Waals surface area contributed by atoms with Crippen LogP contribution in [0.1, 0.15) is 16.8 Å². The molecule has 8 nitrogen and oxygen atoms in total. The maximum Gasteiger partial charge on any atom is 0.246 e. The number of hydrogen-bond donors (Lipinski definition) is 4. The summed E-state index contributed by atoms with van der Waals surface area (Å²) in [6.07, 6.45) is 4.80. The van der Waals surface area contributed by atoms with Crippen LogP contribution in [0.4, 0.5) is 5.82 Å². The Morgan fingerprint density at radius 2 is 2.10 bits per heavy atom. The van der Waals surface area contributed by atoms with Crippen molar-refractivity contribution < 1.29 is 9.90 Å². The molecule has 1 aliphatic heterocycles. The molecule has 4 rings (SSSR count). The first kappa shape index (κ1) is 18.4. The topological polar surface area (TPSA) is 126 Å². The highest BCUT2D eigenvalue weighted by Crippen LogP contribution is 2.31. The third-order valence-corrected chi connectivity index (χ3v) is 5.05. The number of carbonyl (C=O) groups is 1. The molecule has 3 aromatic rings. The molecule has 29 heavy (non-hydrogen) atoms. The van der Waals surface area contributed by atoms with E-state index >= 15 is 0 Å². The van der Waals surface area contributed by atoms with Gasteiger partial charge >= 0.3 is 0 Å². The number of nitrogens with two attached hydrogens (primary N) is 2. The minimum Gasteiger partial charge on any atom is -0.507 e. The molecule has 0 bridgehead atoms. The van der Waals surface area contributed by atoms with Gasteiger partial charge in [0.15, 0.2) is 0 Å². The van der Waals surface area contributed by atoms with E-state index in [1.165, 1.54) is 6.08 Å². The van der Waals surface area contributed by atoms with Gasteiger partial charge in [-0.15, -0.1) is 0 Å². The second kappa shape index (κ2) is 7.23. The highest BCUT2D eigenvalue weighted by atomic mass is 16.3. The number of H-pyrrole nitrogens is 1. The lowest BCUT2D eigenvalue weighted by molar-refractivity contribution is -0.127. The smallest absolute Gasteiger partial charge is 0.246 e. The van der Waals surface area contributed by atoms with Crippen molar-refractivity contribution in [2.75, 3.05) is 12.3 Å². The van der Waals surface area contributed by atoms with E-state index in [4.69, 9.17) is 11.5 Å². The summed E-state index contributed by atoms with van der Waals surface area (Å²) in [5.74, 6) is 0.454. The zero-order valence-corrected chi connectivity index (χ0v) is 15.8. The third-order valence-electron chi connectivity index (χ3n) is 5.05. The number of phenols is 1. The molecule has 0 unspecified atom stereocenters. The number of aromatic nitrogens is 3. The number of aromatic amines is 1. The van der Waals surface area contributed by atoms with Crippen molar-refractivity contribution in [3.05, 3.63) is 66.0 Å². The quantitative estimate of drug-likeness (QED) is 0.508. The number of aromatic hydroxyl groups is 1. The zero-order valence-electron chi connectivity index (χ0n) is 15.8. The van der Waals surface area contributed by atoms with Gasteiger partial charge in [0, 0.05) is 28.9 Å². The Kier molecular flexibility index (Phi) is 4.59. The molecule has 1 aromatic carbocycles. The summed E-state index contributed by atoms with van der Waals surface area (Å²) in [5, 5.41) is 14.4. The van der Waals surface area contributed by atoms with Gasteiger partial charge in [-0.05, 0) is 30.4 Å². The lowest BCUT2D eigenvalue weighted by atomic mass is 10.1. The summed E-state index contributed by atoms with van der Waals surface area (Å²) in [5.41, 5.74) is 16.6. The minimum atomic E-state index is -0.103. The van der Waals surface area contributed by atoms with Crippen LogP contribution in [-0.4, -0.2) is 37.2 Å². The highest BCUT2D eigenvalue weighted by Gasteiger charge is 2.24. The van der Waals surface area contributed by atoms with Crippen molar-refractivity contribution in [3.8, 4) is 17.0 Å². The molecular formula is C21H22N6O2. The molecule has 0 radical (unpaired) electrons. The van der Waals surface area contributed by atoms with Crippen molar-refractivity contribution in [3.63, 3.8) is 0 Å². The standard InChI is InChI=1S/C21H22N6O2/c1-2-20(29)26-7-8-27-18(12-26)15(11-24-27)17-10-13(21(23)25-17)9-16(22)14-5-3-4-6-19(14)28/h2-6,9-11,25,28H,1,7-8,12,22-23H2/b16-9-. The monoisotopic (exact) mass is 390 g/mol. The summed E-state index contributed by atoms with van der Waals surface area (Å²) in [4.78, 5) is 16.9. The summed E-state index contributed by atoms with van der Waals surface area (Å²) in [7, 11) is 0. The number of anilines is 1. The summed E-state index contributed by atoms with van der Waals surface area (Å²) in [6.45, 7) is 5.23. The second-order valence-electron chi connectivity index (χ2n) is 6.86. The molecule has 0 fully saturated rings. The number of amides is 1. The fourth-order valence-corrected chi connectivity index (χ4v) is 3.50. The van der Waals surface area contributed by atoms with E-state index in [9.17, 15) is 9.90 Å². The highest BCUT2D eigenvalue weighted by molar-refractivity contribution is 5.88. The lowest BCUT2D eigenvalue weighted by Crippen LogP contribution is -2.37. The van der Waals surface area contributed by atoms with E-state index in [1.807, 2.05) is 10.7 Å². The van der Waals surface area contributed by atoms with Gasteiger partial charge in [0.05, 0.1) is 30.7 Å². The van der Waals surface area contributed by atoms with Gasteiger partial charge in [0.1, 0.15) is 11.6 Å². The molecule has 8 heteroatoms. The van der Waals surface area contributed by atoms with Crippen molar-refractivity contribution in [2.24, 2.45) is 5.73 Å². The van der Waals surface area contributed by atoms with Crippen LogP contribution in [0.3, 0.4) is 0 Å². The number of carbonyl (C=O) groups excluding carboxylic acids is 1. The molecule has 1 aliphatic rings. The molecule has 0 saturated heterocycles. The third kappa shape index (κ3) is 3.36.